The maximum atomic E-state index is 12.3. The van der Waals surface area contributed by atoms with Gasteiger partial charge in [0.1, 0.15) is 6.61 Å². The number of aliphatic imine (C=N–C) groups is 1. The highest BCUT2D eigenvalue weighted by Gasteiger charge is 2.49. The van der Waals surface area contributed by atoms with Crippen molar-refractivity contribution in [2.45, 2.75) is 64.1 Å². The van der Waals surface area contributed by atoms with Crippen LogP contribution in [0.2, 0.25) is 0 Å². The summed E-state index contributed by atoms with van der Waals surface area (Å²) in [6, 6.07) is 18.2. The van der Waals surface area contributed by atoms with Gasteiger partial charge in [0, 0.05) is 45.2 Å². The van der Waals surface area contributed by atoms with Crippen LogP contribution in [0, 0.1) is 0 Å². The first-order valence-corrected chi connectivity index (χ1v) is 12.1. The zero-order valence-electron chi connectivity index (χ0n) is 21.7. The van der Waals surface area contributed by atoms with Gasteiger partial charge in [-0.3, -0.25) is 19.2 Å². The zero-order valence-corrected chi connectivity index (χ0v) is 21.7. The van der Waals surface area contributed by atoms with E-state index in [2.05, 4.69) is 4.99 Å². The third-order valence-corrected chi connectivity index (χ3v) is 6.00. The molecule has 10 heteroatoms. The molecule has 0 spiro atoms. The Morgan fingerprint density at radius 1 is 0.947 bits per heavy atom. The van der Waals surface area contributed by atoms with E-state index in [1.54, 1.807) is 6.92 Å². The molecule has 0 saturated carbocycles. The lowest BCUT2D eigenvalue weighted by Crippen LogP contribution is -2.54. The summed E-state index contributed by atoms with van der Waals surface area (Å²) in [5.74, 6) is -1.73. The molecule has 0 amide bonds. The third kappa shape index (κ3) is 6.96. The smallest absolute Gasteiger partial charge is 0.303 e. The molecular weight excluding hydrogens is 494 g/mol. The fourth-order valence-electron chi connectivity index (χ4n) is 4.60. The highest BCUT2D eigenvalue weighted by Crippen LogP contribution is 2.43. The molecule has 0 aromatic heterocycles. The fourth-order valence-corrected chi connectivity index (χ4v) is 4.60. The quantitative estimate of drug-likeness (QED) is 0.247. The van der Waals surface area contributed by atoms with Gasteiger partial charge in [-0.2, -0.15) is 0 Å². The largest absolute Gasteiger partial charge is 0.465 e. The minimum Gasteiger partial charge on any atom is -0.465 e. The Bertz CT molecular complexity index is 1110. The molecule has 0 N–H and O–H groups in total. The van der Waals surface area contributed by atoms with Gasteiger partial charge in [-0.05, 0) is 0 Å². The number of carbonyl (C=O) groups is 4. The van der Waals surface area contributed by atoms with Crippen molar-refractivity contribution in [1.82, 2.24) is 0 Å². The van der Waals surface area contributed by atoms with Gasteiger partial charge < -0.3 is 23.7 Å². The summed E-state index contributed by atoms with van der Waals surface area (Å²) in [7, 11) is 0. The lowest BCUT2D eigenvalue weighted by molar-refractivity contribution is -0.188. The molecule has 1 aliphatic heterocycles. The summed E-state index contributed by atoms with van der Waals surface area (Å²) < 4.78 is 27.8. The average molecular weight is 526 g/mol. The molecule has 1 heterocycles. The first-order chi connectivity index (χ1) is 18.2. The summed E-state index contributed by atoms with van der Waals surface area (Å²) in [4.78, 5) is 51.9. The van der Waals surface area contributed by atoms with Crippen LogP contribution in [0.15, 0.2) is 65.7 Å². The van der Waals surface area contributed by atoms with Crippen molar-refractivity contribution in [3.05, 3.63) is 71.8 Å². The molecule has 0 bridgehead atoms. The molecule has 2 aromatic carbocycles. The number of rotatable bonds is 11. The minimum absolute atomic E-state index is 0.145. The predicted molar refractivity (Wildman–Crippen MR) is 135 cm³/mol. The van der Waals surface area contributed by atoms with E-state index in [1.165, 1.54) is 20.8 Å². The number of carbonyl (C=O) groups excluding carboxylic acids is 4. The van der Waals surface area contributed by atoms with Crippen LogP contribution in [0.4, 0.5) is 0 Å². The van der Waals surface area contributed by atoms with Gasteiger partial charge in [-0.15, -0.1) is 0 Å². The van der Waals surface area contributed by atoms with Crippen molar-refractivity contribution in [2.75, 3.05) is 6.61 Å². The van der Waals surface area contributed by atoms with E-state index < -0.39 is 54.5 Å². The number of nitrogens with zero attached hydrogens (tertiary/aromatic N) is 1. The number of ether oxygens (including phenoxy) is 5. The normalized spacial score (nSPS) is 18.4. The molecule has 4 atom stereocenters. The number of esters is 3. The van der Waals surface area contributed by atoms with Crippen LogP contribution in [0.5, 0.6) is 0 Å². The molecule has 0 aliphatic carbocycles. The Morgan fingerprint density at radius 3 is 1.97 bits per heavy atom. The molecule has 2 aromatic rings. The second-order valence-corrected chi connectivity index (χ2v) is 8.80. The van der Waals surface area contributed by atoms with Crippen molar-refractivity contribution in [3.63, 3.8) is 0 Å². The van der Waals surface area contributed by atoms with Gasteiger partial charge >= 0.3 is 17.9 Å². The molecule has 0 saturated heterocycles. The van der Waals surface area contributed by atoms with E-state index in [0.717, 1.165) is 11.1 Å². The van der Waals surface area contributed by atoms with Crippen LogP contribution in [0.1, 0.15) is 45.2 Å². The van der Waals surface area contributed by atoms with E-state index in [-0.39, 0.29) is 12.9 Å². The van der Waals surface area contributed by atoms with Crippen LogP contribution in [0.3, 0.4) is 0 Å². The van der Waals surface area contributed by atoms with Crippen LogP contribution in [0.25, 0.3) is 0 Å². The second-order valence-electron chi connectivity index (χ2n) is 8.80. The van der Waals surface area contributed by atoms with Crippen LogP contribution in [-0.4, -0.2) is 61.2 Å². The Balaban J connectivity index is 2.14. The number of hydrogen-bond donors (Lipinski definition) is 0. The maximum Gasteiger partial charge on any atom is 0.303 e. The lowest BCUT2D eigenvalue weighted by atomic mass is 9.78. The summed E-state index contributed by atoms with van der Waals surface area (Å²) in [6.07, 6.45) is -3.66. The van der Waals surface area contributed by atoms with Crippen molar-refractivity contribution in [1.29, 1.82) is 0 Å². The standard InChI is InChI=1S/C28H31NO9/c1-18-29-24(15-28(38-18,22-11-7-5-8-12-22)23-13-9-6-10-14-23)26(36-20(3)32)27(37-21(4)33)25(35-17-30)16-34-19(2)31/h5-14,17,24-27H,15-16H2,1-4H3/t24-,25-,26-,27-/m1/s1. The van der Waals surface area contributed by atoms with Crippen molar-refractivity contribution in [2.24, 2.45) is 4.99 Å². The predicted octanol–water partition coefficient (Wildman–Crippen LogP) is 3.11. The topological polar surface area (TPSA) is 127 Å². The molecule has 38 heavy (non-hydrogen) atoms. The fraction of sp³-hybridized carbons (Fsp3) is 0.393. The van der Waals surface area contributed by atoms with Gasteiger partial charge in [0.15, 0.2) is 29.8 Å². The Kier molecular flexibility index (Phi) is 9.59. The molecule has 0 radical (unpaired) electrons. The average Bonchev–Trinajstić information content (AvgIpc) is 2.89. The van der Waals surface area contributed by atoms with Gasteiger partial charge in [0.2, 0.25) is 0 Å². The maximum absolute atomic E-state index is 12.3. The van der Waals surface area contributed by atoms with E-state index in [4.69, 9.17) is 23.7 Å². The molecular formula is C28H31NO9. The molecule has 3 rings (SSSR count). The Hall–Kier alpha value is -4.21. The Morgan fingerprint density at radius 2 is 1.50 bits per heavy atom. The third-order valence-electron chi connectivity index (χ3n) is 6.00. The van der Waals surface area contributed by atoms with Crippen LogP contribution in [-0.2, 0) is 48.5 Å². The van der Waals surface area contributed by atoms with Crippen molar-refractivity contribution < 1.29 is 42.9 Å². The SMILES string of the molecule is CC(=O)OC[C@@H](OC=O)[C@@H](OC(C)=O)[C@H](OC(C)=O)[C@H]1CC(c2ccccc2)(c2ccccc2)OC(C)=N1. The molecule has 202 valence electrons. The van der Waals surface area contributed by atoms with E-state index in [0.29, 0.717) is 5.90 Å². The Labute approximate surface area is 220 Å². The van der Waals surface area contributed by atoms with Crippen molar-refractivity contribution in [3.8, 4) is 0 Å². The van der Waals surface area contributed by atoms with Crippen LogP contribution >= 0.6 is 0 Å². The van der Waals surface area contributed by atoms with Gasteiger partial charge in [-0.25, -0.2) is 4.99 Å². The first-order valence-electron chi connectivity index (χ1n) is 12.1. The number of benzene rings is 2. The minimum atomic E-state index is -1.34. The monoisotopic (exact) mass is 525 g/mol. The van der Waals surface area contributed by atoms with E-state index in [9.17, 15) is 19.2 Å². The summed E-state index contributed by atoms with van der Waals surface area (Å²) >= 11 is 0. The molecule has 0 unspecified atom stereocenters. The molecule has 0 fully saturated rings. The van der Waals surface area contributed by atoms with E-state index in [1.807, 2.05) is 60.7 Å². The van der Waals surface area contributed by atoms with Gasteiger partial charge in [-0.1, -0.05) is 60.7 Å². The van der Waals surface area contributed by atoms with Gasteiger partial charge in [0.25, 0.3) is 6.47 Å². The van der Waals surface area contributed by atoms with Crippen molar-refractivity contribution >= 4 is 30.3 Å². The summed E-state index contributed by atoms with van der Waals surface area (Å²) in [6.45, 7) is 4.94. The van der Waals surface area contributed by atoms with Gasteiger partial charge in [0.05, 0.1) is 6.04 Å². The summed E-state index contributed by atoms with van der Waals surface area (Å²) in [5.41, 5.74) is 0.628. The second kappa shape index (κ2) is 12.8. The number of hydrogen-bond acceptors (Lipinski definition) is 10. The molecule has 1 aliphatic rings. The van der Waals surface area contributed by atoms with Crippen LogP contribution < -0.4 is 0 Å². The highest BCUT2D eigenvalue weighted by atomic mass is 16.6. The summed E-state index contributed by atoms with van der Waals surface area (Å²) in [5, 5.41) is 0. The first kappa shape index (κ1) is 28.4. The lowest BCUT2D eigenvalue weighted by Gasteiger charge is -2.43. The molecule has 10 nitrogen and oxygen atoms in total. The zero-order chi connectivity index (χ0) is 27.7. The highest BCUT2D eigenvalue weighted by molar-refractivity contribution is 5.76. The van der Waals surface area contributed by atoms with E-state index >= 15 is 0 Å².